The molecule has 0 amide bonds. The Hall–Kier alpha value is -3.47. The molecular weight excluding hydrogens is 381 g/mol. The number of aromatic amines is 1. The SMILES string of the molecule is NN(c1ncc2c(=O)n(-c3cccc(F)c3)c(=O)[nH]c2n1)C1CCC(N=O)CC1. The van der Waals surface area contributed by atoms with Crippen molar-refractivity contribution in [1.29, 1.82) is 0 Å². The fourth-order valence-electron chi connectivity index (χ4n) is 3.57. The molecule has 0 spiro atoms. The van der Waals surface area contributed by atoms with Crippen molar-refractivity contribution < 1.29 is 4.39 Å². The number of benzene rings is 1. The molecule has 4 rings (SSSR count). The summed E-state index contributed by atoms with van der Waals surface area (Å²) in [5.74, 6) is 5.72. The molecule has 3 N–H and O–H groups in total. The number of fused-ring (bicyclic) bond motifs is 1. The molecule has 0 aliphatic heterocycles. The second-order valence-electron chi connectivity index (χ2n) is 6.96. The molecule has 3 aromatic rings. The smallest absolute Gasteiger partial charge is 0.291 e. The maximum absolute atomic E-state index is 13.5. The van der Waals surface area contributed by atoms with E-state index in [9.17, 15) is 18.9 Å². The molecule has 1 aliphatic carbocycles. The number of H-pyrrole nitrogens is 1. The van der Waals surface area contributed by atoms with E-state index < -0.39 is 17.1 Å². The number of nitroso groups, excluding NO2 is 1. The normalized spacial score (nSPS) is 19.2. The number of anilines is 1. The Morgan fingerprint density at radius 1 is 1.24 bits per heavy atom. The summed E-state index contributed by atoms with van der Waals surface area (Å²) in [4.78, 5) is 46.8. The van der Waals surface area contributed by atoms with Crippen molar-refractivity contribution in [3.8, 4) is 5.69 Å². The number of hydrogen-bond acceptors (Lipinski definition) is 8. The van der Waals surface area contributed by atoms with Crippen molar-refractivity contribution >= 4 is 17.0 Å². The molecule has 0 bridgehead atoms. The largest absolute Gasteiger partial charge is 0.334 e. The van der Waals surface area contributed by atoms with Crippen molar-refractivity contribution in [2.75, 3.05) is 5.01 Å². The molecule has 2 heterocycles. The third kappa shape index (κ3) is 3.51. The van der Waals surface area contributed by atoms with Gasteiger partial charge in [0.1, 0.15) is 11.2 Å². The van der Waals surface area contributed by atoms with Crippen LogP contribution in [0, 0.1) is 10.7 Å². The molecule has 1 saturated carbocycles. The molecule has 0 saturated heterocycles. The van der Waals surface area contributed by atoms with E-state index in [0.717, 1.165) is 10.6 Å². The van der Waals surface area contributed by atoms with Crippen molar-refractivity contribution in [2.24, 2.45) is 11.0 Å². The Morgan fingerprint density at radius 2 is 2.00 bits per heavy atom. The van der Waals surface area contributed by atoms with Gasteiger partial charge in [-0.05, 0) is 43.9 Å². The highest BCUT2D eigenvalue weighted by Gasteiger charge is 2.26. The lowest BCUT2D eigenvalue weighted by Crippen LogP contribution is -2.45. The first kappa shape index (κ1) is 18.9. The fraction of sp³-hybridized carbons (Fsp3) is 0.333. The van der Waals surface area contributed by atoms with Crippen LogP contribution in [0.4, 0.5) is 10.3 Å². The maximum Gasteiger partial charge on any atom is 0.334 e. The van der Waals surface area contributed by atoms with Gasteiger partial charge in [0.15, 0.2) is 5.65 Å². The monoisotopic (exact) mass is 399 g/mol. The van der Waals surface area contributed by atoms with Gasteiger partial charge in [-0.25, -0.2) is 24.6 Å². The van der Waals surface area contributed by atoms with Crippen LogP contribution in [-0.2, 0) is 0 Å². The van der Waals surface area contributed by atoms with Crippen molar-refractivity contribution in [2.45, 2.75) is 37.8 Å². The zero-order chi connectivity index (χ0) is 20.5. The number of nitrogens with one attached hydrogen (secondary N) is 1. The van der Waals surface area contributed by atoms with Gasteiger partial charge in [-0.1, -0.05) is 11.2 Å². The number of hydrogen-bond donors (Lipinski definition) is 2. The van der Waals surface area contributed by atoms with Gasteiger partial charge in [0.25, 0.3) is 5.56 Å². The number of aromatic nitrogens is 4. The number of hydrazine groups is 1. The van der Waals surface area contributed by atoms with Crippen LogP contribution in [0.3, 0.4) is 0 Å². The molecular formula is C18H18FN7O3. The summed E-state index contributed by atoms with van der Waals surface area (Å²) in [5.41, 5.74) is -1.28. The van der Waals surface area contributed by atoms with Gasteiger partial charge in [-0.15, -0.1) is 0 Å². The summed E-state index contributed by atoms with van der Waals surface area (Å²) < 4.78 is 14.3. The molecule has 0 atom stereocenters. The maximum atomic E-state index is 13.5. The summed E-state index contributed by atoms with van der Waals surface area (Å²) in [7, 11) is 0. The number of nitrogens with zero attached hydrogens (tertiary/aromatic N) is 5. The Morgan fingerprint density at radius 3 is 2.69 bits per heavy atom. The van der Waals surface area contributed by atoms with E-state index in [-0.39, 0.29) is 34.8 Å². The first-order valence-electron chi connectivity index (χ1n) is 9.12. The molecule has 0 radical (unpaired) electrons. The van der Waals surface area contributed by atoms with Crippen LogP contribution in [0.25, 0.3) is 16.7 Å². The molecule has 10 nitrogen and oxygen atoms in total. The van der Waals surface area contributed by atoms with Crippen LogP contribution in [-0.4, -0.2) is 31.6 Å². The molecule has 11 heteroatoms. The summed E-state index contributed by atoms with van der Waals surface area (Å²) in [6, 6.07) is 4.88. The predicted octanol–water partition coefficient (Wildman–Crippen LogP) is 1.37. The third-order valence-electron chi connectivity index (χ3n) is 5.14. The first-order chi connectivity index (χ1) is 14.0. The minimum Gasteiger partial charge on any atom is -0.291 e. The summed E-state index contributed by atoms with van der Waals surface area (Å²) in [5, 5.41) is 4.53. The van der Waals surface area contributed by atoms with E-state index in [1.54, 1.807) is 0 Å². The predicted molar refractivity (Wildman–Crippen MR) is 104 cm³/mol. The van der Waals surface area contributed by atoms with Gasteiger partial charge in [0.2, 0.25) is 5.95 Å². The standard InChI is InChI=1S/C18H18FN7O3/c19-10-2-1-3-13(8-10)25-16(27)14-9-21-17(22-15(14)23-18(25)28)26(20)12-6-4-11(24-29)5-7-12/h1-3,8-9,11-12H,4-7,20H2,(H,21,22,23,28). The van der Waals surface area contributed by atoms with Gasteiger partial charge < -0.3 is 0 Å². The summed E-state index contributed by atoms with van der Waals surface area (Å²) in [6.45, 7) is 0. The lowest BCUT2D eigenvalue weighted by atomic mass is 9.91. The van der Waals surface area contributed by atoms with Crippen LogP contribution in [0.2, 0.25) is 0 Å². The van der Waals surface area contributed by atoms with Crippen molar-refractivity contribution in [3.05, 3.63) is 62.0 Å². The highest BCUT2D eigenvalue weighted by atomic mass is 19.1. The van der Waals surface area contributed by atoms with Gasteiger partial charge in [-0.3, -0.25) is 14.8 Å². The van der Waals surface area contributed by atoms with E-state index in [0.29, 0.717) is 25.7 Å². The quantitative estimate of drug-likeness (QED) is 0.384. The van der Waals surface area contributed by atoms with Crippen LogP contribution in [0.1, 0.15) is 25.7 Å². The van der Waals surface area contributed by atoms with E-state index in [1.807, 2.05) is 0 Å². The average Bonchev–Trinajstić information content (AvgIpc) is 2.73. The summed E-state index contributed by atoms with van der Waals surface area (Å²) in [6.07, 6.45) is 3.86. The van der Waals surface area contributed by atoms with Gasteiger partial charge in [0, 0.05) is 12.2 Å². The first-order valence-corrected chi connectivity index (χ1v) is 9.12. The molecule has 0 unspecified atom stereocenters. The van der Waals surface area contributed by atoms with Crippen molar-refractivity contribution in [1.82, 2.24) is 19.5 Å². The van der Waals surface area contributed by atoms with Crippen LogP contribution in [0.5, 0.6) is 0 Å². The summed E-state index contributed by atoms with van der Waals surface area (Å²) >= 11 is 0. The van der Waals surface area contributed by atoms with E-state index in [2.05, 4.69) is 20.1 Å². The van der Waals surface area contributed by atoms with Crippen LogP contribution in [0.15, 0.2) is 45.2 Å². The van der Waals surface area contributed by atoms with E-state index in [4.69, 9.17) is 5.84 Å². The Kier molecular flexibility index (Phi) is 4.89. The Balaban J connectivity index is 1.71. The molecule has 2 aromatic heterocycles. The second-order valence-corrected chi connectivity index (χ2v) is 6.96. The lowest BCUT2D eigenvalue weighted by Gasteiger charge is -2.31. The van der Waals surface area contributed by atoms with Crippen LogP contribution < -0.4 is 22.1 Å². The number of nitrogens with two attached hydrogens (primary N) is 1. The topological polar surface area (TPSA) is 139 Å². The average molecular weight is 399 g/mol. The third-order valence-corrected chi connectivity index (χ3v) is 5.14. The minimum atomic E-state index is -0.751. The van der Waals surface area contributed by atoms with Crippen LogP contribution >= 0.6 is 0 Å². The molecule has 1 fully saturated rings. The van der Waals surface area contributed by atoms with Crippen molar-refractivity contribution in [3.63, 3.8) is 0 Å². The molecule has 150 valence electrons. The minimum absolute atomic E-state index is 0.0383. The number of halogens is 1. The lowest BCUT2D eigenvalue weighted by molar-refractivity contribution is 0.375. The second kappa shape index (κ2) is 7.51. The number of rotatable bonds is 4. The Bertz CT molecular complexity index is 1180. The van der Waals surface area contributed by atoms with E-state index in [1.165, 1.54) is 29.4 Å². The van der Waals surface area contributed by atoms with E-state index >= 15 is 0 Å². The highest BCUT2D eigenvalue weighted by Crippen LogP contribution is 2.25. The Labute approximate surface area is 163 Å². The fourth-order valence-corrected chi connectivity index (χ4v) is 3.57. The van der Waals surface area contributed by atoms with Gasteiger partial charge in [0.05, 0.1) is 11.7 Å². The molecule has 1 aromatic carbocycles. The molecule has 29 heavy (non-hydrogen) atoms. The zero-order valence-electron chi connectivity index (χ0n) is 15.3. The highest BCUT2D eigenvalue weighted by molar-refractivity contribution is 5.73. The van der Waals surface area contributed by atoms with Gasteiger partial charge in [-0.2, -0.15) is 9.89 Å². The van der Waals surface area contributed by atoms with Gasteiger partial charge >= 0.3 is 5.69 Å². The molecule has 1 aliphatic rings. The zero-order valence-corrected chi connectivity index (χ0v) is 15.3.